The minimum absolute atomic E-state index is 0.0322. The summed E-state index contributed by atoms with van der Waals surface area (Å²) in [6, 6.07) is 12.2. The number of nitrogens with zero attached hydrogens (tertiary/aromatic N) is 3. The first kappa shape index (κ1) is 17.2. The Morgan fingerprint density at radius 1 is 1.35 bits per heavy atom. The molecule has 0 spiro atoms. The van der Waals surface area contributed by atoms with Crippen molar-refractivity contribution >= 4 is 27.4 Å². The van der Waals surface area contributed by atoms with Crippen molar-refractivity contribution in [2.45, 2.75) is 26.0 Å². The lowest BCUT2D eigenvalue weighted by molar-refractivity contribution is 0.0671. The Kier molecular flexibility index (Phi) is 4.54. The molecule has 4 rings (SSSR count). The molecule has 134 valence electrons. The van der Waals surface area contributed by atoms with Gasteiger partial charge in [-0.05, 0) is 52.5 Å². The van der Waals surface area contributed by atoms with Gasteiger partial charge in [0.15, 0.2) is 5.69 Å². The molecular formula is C20H20BrN3O2. The molecule has 0 fully saturated rings. The third-order valence-electron chi connectivity index (χ3n) is 5.00. The monoisotopic (exact) mass is 413 g/mol. The summed E-state index contributed by atoms with van der Waals surface area (Å²) in [5.41, 5.74) is 4.89. The van der Waals surface area contributed by atoms with Crippen molar-refractivity contribution in [2.75, 3.05) is 13.7 Å². The molecule has 5 nitrogen and oxygen atoms in total. The van der Waals surface area contributed by atoms with Gasteiger partial charge in [0.25, 0.3) is 5.91 Å². The van der Waals surface area contributed by atoms with E-state index in [-0.39, 0.29) is 11.9 Å². The van der Waals surface area contributed by atoms with E-state index in [1.54, 1.807) is 11.6 Å². The number of ether oxygens (including phenoxy) is 1. The molecule has 1 atom stereocenters. The van der Waals surface area contributed by atoms with E-state index in [4.69, 9.17) is 4.74 Å². The zero-order valence-electron chi connectivity index (χ0n) is 14.8. The van der Waals surface area contributed by atoms with Crippen molar-refractivity contribution in [3.8, 4) is 0 Å². The minimum Gasteiger partial charge on any atom is -0.380 e. The second kappa shape index (κ2) is 6.85. The van der Waals surface area contributed by atoms with E-state index in [1.165, 1.54) is 11.1 Å². The van der Waals surface area contributed by atoms with Gasteiger partial charge in [-0.1, -0.05) is 24.3 Å². The fourth-order valence-electron chi connectivity index (χ4n) is 3.70. The van der Waals surface area contributed by atoms with Crippen LogP contribution in [0.25, 0.3) is 5.52 Å². The Labute approximate surface area is 160 Å². The van der Waals surface area contributed by atoms with Crippen LogP contribution in [0.15, 0.2) is 47.1 Å². The second-order valence-electron chi connectivity index (χ2n) is 6.60. The van der Waals surface area contributed by atoms with E-state index in [1.807, 2.05) is 29.3 Å². The quantitative estimate of drug-likeness (QED) is 0.651. The zero-order chi connectivity index (χ0) is 18.3. The van der Waals surface area contributed by atoms with Crippen molar-refractivity contribution in [3.05, 3.63) is 69.5 Å². The molecule has 0 aliphatic carbocycles. The Hall–Kier alpha value is -2.18. The molecule has 1 amide bonds. The number of aromatic nitrogens is 2. The number of hydrogen-bond donors (Lipinski definition) is 0. The molecule has 2 aromatic heterocycles. The van der Waals surface area contributed by atoms with Crippen LogP contribution < -0.4 is 0 Å². The van der Waals surface area contributed by atoms with Gasteiger partial charge in [0.1, 0.15) is 0 Å². The van der Waals surface area contributed by atoms with Crippen molar-refractivity contribution in [1.29, 1.82) is 0 Å². The first-order valence-electron chi connectivity index (χ1n) is 8.64. The summed E-state index contributed by atoms with van der Waals surface area (Å²) in [4.78, 5) is 15.1. The first-order chi connectivity index (χ1) is 12.6. The number of rotatable bonds is 3. The van der Waals surface area contributed by atoms with E-state index in [2.05, 4.69) is 46.2 Å². The van der Waals surface area contributed by atoms with E-state index in [0.717, 1.165) is 22.0 Å². The van der Waals surface area contributed by atoms with Gasteiger partial charge in [-0.25, -0.2) is 4.52 Å². The molecule has 0 bridgehead atoms. The van der Waals surface area contributed by atoms with Gasteiger partial charge in [0.2, 0.25) is 0 Å². The topological polar surface area (TPSA) is 46.8 Å². The maximum absolute atomic E-state index is 13.2. The summed E-state index contributed by atoms with van der Waals surface area (Å²) in [7, 11) is 1.66. The van der Waals surface area contributed by atoms with Crippen LogP contribution in [0.2, 0.25) is 0 Å². The van der Waals surface area contributed by atoms with Crippen LogP contribution in [-0.4, -0.2) is 34.1 Å². The van der Waals surface area contributed by atoms with Crippen LogP contribution in [0.4, 0.5) is 0 Å². The highest BCUT2D eigenvalue weighted by Crippen LogP contribution is 2.30. The highest BCUT2D eigenvalue weighted by atomic mass is 79.9. The Bertz CT molecular complexity index is 982. The molecule has 0 unspecified atom stereocenters. The predicted molar refractivity (Wildman–Crippen MR) is 103 cm³/mol. The second-order valence-corrected chi connectivity index (χ2v) is 7.51. The highest BCUT2D eigenvalue weighted by molar-refractivity contribution is 9.10. The number of benzene rings is 1. The van der Waals surface area contributed by atoms with Crippen LogP contribution in [0.3, 0.4) is 0 Å². The number of hydrogen-bond acceptors (Lipinski definition) is 3. The third-order valence-corrected chi connectivity index (χ3v) is 5.43. The maximum Gasteiger partial charge on any atom is 0.274 e. The average Bonchev–Trinajstić information content (AvgIpc) is 3.06. The van der Waals surface area contributed by atoms with Gasteiger partial charge in [0, 0.05) is 29.9 Å². The van der Waals surface area contributed by atoms with Gasteiger partial charge in [-0.2, -0.15) is 5.10 Å². The normalized spacial score (nSPS) is 16.7. The van der Waals surface area contributed by atoms with Gasteiger partial charge in [-0.15, -0.1) is 0 Å². The van der Waals surface area contributed by atoms with Crippen molar-refractivity contribution in [3.63, 3.8) is 0 Å². The Morgan fingerprint density at radius 3 is 2.96 bits per heavy atom. The van der Waals surface area contributed by atoms with Crippen LogP contribution in [0, 0.1) is 0 Å². The summed E-state index contributed by atoms with van der Waals surface area (Å²) < 4.78 is 7.92. The van der Waals surface area contributed by atoms with Crippen LogP contribution >= 0.6 is 15.9 Å². The highest BCUT2D eigenvalue weighted by Gasteiger charge is 2.29. The first-order valence-corrected chi connectivity index (χ1v) is 9.43. The van der Waals surface area contributed by atoms with Gasteiger partial charge >= 0.3 is 0 Å². The minimum atomic E-state index is -0.0322. The molecule has 0 N–H and O–H groups in total. The number of carbonyl (C=O) groups excluding carboxylic acids is 1. The SMILES string of the molecule is COCc1cc(Br)cn2nc(C(=O)N3CCc4ccccc4[C@H]3C)cc12. The molecular weight excluding hydrogens is 394 g/mol. The standard InChI is InChI=1S/C20H20BrN3O2/c1-13-17-6-4-3-5-14(17)7-8-23(13)20(25)18-10-19-15(12-26-2)9-16(21)11-24(19)22-18/h3-6,9-11,13H,7-8,12H2,1-2H3/t13-/m1/s1. The molecule has 1 aliphatic rings. The third kappa shape index (κ3) is 2.93. The van der Waals surface area contributed by atoms with Gasteiger partial charge in [0.05, 0.1) is 18.2 Å². The summed E-state index contributed by atoms with van der Waals surface area (Å²) in [6.07, 6.45) is 2.74. The summed E-state index contributed by atoms with van der Waals surface area (Å²) in [6.45, 7) is 3.26. The van der Waals surface area contributed by atoms with Crippen molar-refractivity contribution in [2.24, 2.45) is 0 Å². The number of methoxy groups -OCH3 is 1. The number of halogens is 1. The molecule has 6 heteroatoms. The van der Waals surface area contributed by atoms with Crippen molar-refractivity contribution < 1.29 is 9.53 Å². The molecule has 1 aliphatic heterocycles. The summed E-state index contributed by atoms with van der Waals surface area (Å²) in [5, 5.41) is 4.52. The molecule has 0 radical (unpaired) electrons. The lowest BCUT2D eigenvalue weighted by atomic mass is 9.93. The van der Waals surface area contributed by atoms with Crippen molar-refractivity contribution in [1.82, 2.24) is 14.5 Å². The Morgan fingerprint density at radius 2 is 2.15 bits per heavy atom. The van der Waals surface area contributed by atoms with E-state index in [0.29, 0.717) is 18.8 Å². The zero-order valence-corrected chi connectivity index (χ0v) is 16.4. The fraction of sp³-hybridized carbons (Fsp3) is 0.300. The van der Waals surface area contributed by atoms with Crippen LogP contribution in [0.5, 0.6) is 0 Å². The van der Waals surface area contributed by atoms with Gasteiger partial charge in [-0.3, -0.25) is 4.79 Å². The number of carbonyl (C=O) groups is 1. The molecule has 1 aromatic carbocycles. The van der Waals surface area contributed by atoms with Gasteiger partial charge < -0.3 is 9.64 Å². The maximum atomic E-state index is 13.2. The molecule has 3 heterocycles. The molecule has 0 saturated heterocycles. The lowest BCUT2D eigenvalue weighted by Crippen LogP contribution is -2.39. The number of pyridine rings is 1. The largest absolute Gasteiger partial charge is 0.380 e. The fourth-order valence-corrected chi connectivity index (χ4v) is 4.17. The number of amides is 1. The Balaban J connectivity index is 1.70. The molecule has 3 aromatic rings. The predicted octanol–water partition coefficient (Wildman–Crippen LogP) is 4.00. The van der Waals surface area contributed by atoms with Crippen LogP contribution in [-0.2, 0) is 17.8 Å². The van der Waals surface area contributed by atoms with E-state index >= 15 is 0 Å². The number of fused-ring (bicyclic) bond motifs is 2. The van der Waals surface area contributed by atoms with E-state index < -0.39 is 0 Å². The summed E-state index contributed by atoms with van der Waals surface area (Å²) in [5.74, 6) is -0.0322. The van der Waals surface area contributed by atoms with E-state index in [9.17, 15) is 4.79 Å². The lowest BCUT2D eigenvalue weighted by Gasteiger charge is -2.34. The smallest absolute Gasteiger partial charge is 0.274 e. The average molecular weight is 414 g/mol. The molecule has 26 heavy (non-hydrogen) atoms. The molecule has 0 saturated carbocycles. The summed E-state index contributed by atoms with van der Waals surface area (Å²) >= 11 is 3.49. The van der Waals surface area contributed by atoms with Crippen LogP contribution in [0.1, 0.15) is 40.1 Å².